The average Bonchev–Trinajstić information content (AvgIpc) is 3.21. The van der Waals surface area contributed by atoms with Crippen LogP contribution in [0.25, 0.3) is 0 Å². The molecule has 1 aliphatic rings. The number of amides is 6. The molecule has 1 aliphatic heterocycles. The summed E-state index contributed by atoms with van der Waals surface area (Å²) in [5, 5.41) is 4.96. The van der Waals surface area contributed by atoms with Gasteiger partial charge >= 0.3 is 36.6 Å². The highest BCUT2D eigenvalue weighted by Crippen LogP contribution is 2.21. The first-order valence-electron chi connectivity index (χ1n) is 25.9. The number of pyridine rings is 1. The molecule has 0 aliphatic carbocycles. The minimum absolute atomic E-state index is 0.0168. The Morgan fingerprint density at radius 1 is 0.587 bits per heavy atom. The zero-order valence-electron chi connectivity index (χ0n) is 48.3. The van der Waals surface area contributed by atoms with Crippen LogP contribution in [0.2, 0.25) is 0 Å². The lowest BCUT2D eigenvalue weighted by atomic mass is 10.1. The molecule has 2 heterocycles. The van der Waals surface area contributed by atoms with Gasteiger partial charge in [0.05, 0.1) is 6.61 Å². The number of nitrogens with zero attached hydrogens (tertiary/aromatic N) is 7. The van der Waals surface area contributed by atoms with Crippen LogP contribution in [0.4, 0.5) is 28.8 Å². The van der Waals surface area contributed by atoms with Gasteiger partial charge in [-0.15, -0.1) is 4.99 Å². The maximum Gasteiger partial charge on any atom is 0.437 e. The molecule has 0 unspecified atom stereocenters. The zero-order chi connectivity index (χ0) is 57.0. The van der Waals surface area contributed by atoms with Gasteiger partial charge in [0, 0.05) is 50.6 Å². The third kappa shape index (κ3) is 28.9. The summed E-state index contributed by atoms with van der Waals surface area (Å²) < 4.78 is 39.5. The minimum Gasteiger partial charge on any atom is -0.478 e. The van der Waals surface area contributed by atoms with Crippen LogP contribution in [0, 0.1) is 0 Å². The van der Waals surface area contributed by atoms with Crippen molar-refractivity contribution in [3.8, 4) is 5.88 Å². The van der Waals surface area contributed by atoms with Crippen molar-refractivity contribution in [1.29, 1.82) is 0 Å². The van der Waals surface area contributed by atoms with Gasteiger partial charge in [-0.3, -0.25) is 25.5 Å². The summed E-state index contributed by atoms with van der Waals surface area (Å²) in [5.41, 5.74) is -4.47. The summed E-state index contributed by atoms with van der Waals surface area (Å²) in [6, 6.07) is 3.46. The molecule has 0 saturated carbocycles. The van der Waals surface area contributed by atoms with Crippen LogP contribution < -0.4 is 15.4 Å². The number of aliphatic imine (C=N–C) groups is 3. The second kappa shape index (κ2) is 28.6. The molecule has 2 rings (SSSR count). The SMILES string of the molecule is CC(C)(C)OC(=O)/N=C(\N(CCCCCCCCN=C(NC(=O)OC(C)(C)C)NC(=O)OC(C)(C)C)C(=O)OC(C)(C)C)N(CCCCOc1ccc(C2=NCCCN2C(=O)OC(C)(C)C)cn1)C(=O)OC(C)(C)C. The Balaban J connectivity index is 2.28. The molecule has 6 amide bonds. The first-order chi connectivity index (χ1) is 34.4. The van der Waals surface area contributed by atoms with Crippen molar-refractivity contribution in [1.82, 2.24) is 30.3 Å². The second-order valence-corrected chi connectivity index (χ2v) is 23.9. The summed E-state index contributed by atoms with van der Waals surface area (Å²) in [5.74, 6) is 0.386. The van der Waals surface area contributed by atoms with E-state index in [0.717, 1.165) is 24.2 Å². The number of hydrogen-bond acceptors (Lipinski definition) is 16. The maximum atomic E-state index is 14.2. The summed E-state index contributed by atoms with van der Waals surface area (Å²) in [4.78, 5) is 101. The molecule has 22 heteroatoms. The number of guanidine groups is 2. The van der Waals surface area contributed by atoms with Crippen LogP contribution >= 0.6 is 0 Å². The van der Waals surface area contributed by atoms with E-state index in [0.29, 0.717) is 68.9 Å². The lowest BCUT2D eigenvalue weighted by molar-refractivity contribution is 0.0266. The molecule has 1 aromatic heterocycles. The van der Waals surface area contributed by atoms with E-state index in [2.05, 4.69) is 30.6 Å². The second-order valence-electron chi connectivity index (χ2n) is 23.9. The summed E-state index contributed by atoms with van der Waals surface area (Å²) >= 11 is 0. The Bertz CT molecular complexity index is 2100. The van der Waals surface area contributed by atoms with Crippen LogP contribution in [0.15, 0.2) is 33.3 Å². The number of aromatic nitrogens is 1. The quantitative estimate of drug-likeness (QED) is 0.0676. The highest BCUT2D eigenvalue weighted by molar-refractivity contribution is 6.07. The number of unbranched alkanes of at least 4 members (excludes halogenated alkanes) is 6. The van der Waals surface area contributed by atoms with E-state index in [1.54, 1.807) is 122 Å². The van der Waals surface area contributed by atoms with Crippen LogP contribution in [0.1, 0.15) is 188 Å². The number of carbonyl (C=O) groups excluding carboxylic acids is 6. The van der Waals surface area contributed by atoms with Crippen LogP contribution in [0.5, 0.6) is 5.88 Å². The normalized spacial score (nSPS) is 13.6. The number of rotatable bonds is 16. The van der Waals surface area contributed by atoms with Gasteiger partial charge < -0.3 is 33.2 Å². The predicted molar refractivity (Wildman–Crippen MR) is 286 cm³/mol. The standard InChI is InChI=1S/C53H89N9O13/c1-48(2,3)70-42(63)57-40(58-43(64)71-49(4,5)6)55-30-23-21-19-20-22-24-32-61(46(67)74-52(13,14)15)41(59-44(65)72-50(7,8)9)62(47(68)75-53(16,17)18)33-25-26-35-69-38-29-28-37(36-56-38)39-54-31-27-34-60(39)45(66)73-51(10,11)12/h28-29,36H,19-27,30-35H2,1-18H3,(H2,55,57,58,63,64)/b59-41+. The molecule has 22 nitrogen and oxygen atoms in total. The highest BCUT2D eigenvalue weighted by Gasteiger charge is 2.36. The fourth-order valence-corrected chi connectivity index (χ4v) is 6.50. The molecule has 0 radical (unpaired) electrons. The summed E-state index contributed by atoms with van der Waals surface area (Å²) in [6.45, 7) is 32.5. The molecular formula is C53H89N9O13. The maximum absolute atomic E-state index is 14.2. The average molecular weight is 1060 g/mol. The number of ether oxygens (including phenoxy) is 7. The van der Waals surface area contributed by atoms with Crippen molar-refractivity contribution in [3.05, 3.63) is 23.9 Å². The van der Waals surface area contributed by atoms with E-state index in [1.807, 2.05) is 20.8 Å². The number of carbonyl (C=O) groups is 6. The van der Waals surface area contributed by atoms with Crippen molar-refractivity contribution >= 4 is 54.3 Å². The van der Waals surface area contributed by atoms with Crippen LogP contribution in [-0.4, -0.2) is 147 Å². The van der Waals surface area contributed by atoms with Crippen molar-refractivity contribution in [2.45, 2.75) is 216 Å². The van der Waals surface area contributed by atoms with E-state index >= 15 is 0 Å². The lowest BCUT2D eigenvalue weighted by Gasteiger charge is -2.34. The van der Waals surface area contributed by atoms with E-state index in [9.17, 15) is 28.8 Å². The monoisotopic (exact) mass is 1060 g/mol. The molecule has 1 aromatic rings. The van der Waals surface area contributed by atoms with E-state index in [4.69, 9.17) is 33.2 Å². The number of nitrogens with one attached hydrogen (secondary N) is 2. The molecule has 0 aromatic carbocycles. The molecule has 0 fully saturated rings. The number of alkyl carbamates (subject to hydrolysis) is 2. The van der Waals surface area contributed by atoms with Gasteiger partial charge in [0.15, 0.2) is 0 Å². The fourth-order valence-electron chi connectivity index (χ4n) is 6.50. The topological polar surface area (TPSA) is 251 Å². The smallest absolute Gasteiger partial charge is 0.437 e. The lowest BCUT2D eigenvalue weighted by Crippen LogP contribution is -2.53. The first kappa shape index (κ1) is 64.9. The number of hydrogen-bond donors (Lipinski definition) is 2. The van der Waals surface area contributed by atoms with Gasteiger partial charge in [0.25, 0.3) is 0 Å². The van der Waals surface area contributed by atoms with E-state index < -0.39 is 70.2 Å². The third-order valence-electron chi connectivity index (χ3n) is 9.29. The molecule has 424 valence electrons. The highest BCUT2D eigenvalue weighted by atomic mass is 16.6. The largest absolute Gasteiger partial charge is 0.478 e. The van der Waals surface area contributed by atoms with Crippen molar-refractivity contribution < 1.29 is 61.9 Å². The molecule has 0 bridgehead atoms. The van der Waals surface area contributed by atoms with Crippen molar-refractivity contribution in [3.63, 3.8) is 0 Å². The predicted octanol–water partition coefficient (Wildman–Crippen LogP) is 11.1. The van der Waals surface area contributed by atoms with Crippen molar-refractivity contribution in [2.75, 3.05) is 39.3 Å². The van der Waals surface area contributed by atoms with Gasteiger partial charge in [-0.2, -0.15) is 0 Å². The Hall–Kier alpha value is -6.22. The van der Waals surface area contributed by atoms with Gasteiger partial charge in [0.2, 0.25) is 17.8 Å². The Labute approximate surface area is 445 Å². The molecule has 2 N–H and O–H groups in total. The summed E-state index contributed by atoms with van der Waals surface area (Å²) in [6.07, 6.45) is 2.22. The molecular weight excluding hydrogens is 971 g/mol. The Morgan fingerprint density at radius 2 is 1.05 bits per heavy atom. The molecule has 75 heavy (non-hydrogen) atoms. The molecule has 0 saturated heterocycles. The first-order valence-corrected chi connectivity index (χ1v) is 25.9. The van der Waals surface area contributed by atoms with E-state index in [-0.39, 0.29) is 38.2 Å². The number of amidine groups is 1. The van der Waals surface area contributed by atoms with E-state index in [1.165, 1.54) is 9.80 Å². The minimum atomic E-state index is -1.03. The van der Waals surface area contributed by atoms with Crippen LogP contribution in [-0.2, 0) is 28.4 Å². The van der Waals surface area contributed by atoms with Gasteiger partial charge in [-0.05, 0) is 163 Å². The van der Waals surface area contributed by atoms with Crippen molar-refractivity contribution in [2.24, 2.45) is 15.0 Å². The fraction of sp³-hybridized carbons (Fsp3) is 0.736. The molecule has 0 spiro atoms. The van der Waals surface area contributed by atoms with Gasteiger partial charge in [-0.1, -0.05) is 25.7 Å². The molecule has 0 atom stereocenters. The third-order valence-corrected chi connectivity index (χ3v) is 9.29. The van der Waals surface area contributed by atoms with Gasteiger partial charge in [-0.25, -0.2) is 43.6 Å². The van der Waals surface area contributed by atoms with Gasteiger partial charge in [0.1, 0.15) is 39.4 Å². The van der Waals surface area contributed by atoms with Crippen LogP contribution in [0.3, 0.4) is 0 Å². The summed E-state index contributed by atoms with van der Waals surface area (Å²) in [7, 11) is 0. The Kier molecular flexibility index (Phi) is 24.8. The zero-order valence-corrected chi connectivity index (χ0v) is 48.3. The Morgan fingerprint density at radius 3 is 1.52 bits per heavy atom.